The Morgan fingerprint density at radius 1 is 0.903 bits per heavy atom. The number of halogens is 1. The van der Waals surface area contributed by atoms with Crippen LogP contribution in [0.2, 0.25) is 5.02 Å². The van der Waals surface area contributed by atoms with E-state index < -0.39 is 10.8 Å². The lowest BCUT2D eigenvalue weighted by Crippen LogP contribution is -2.74. The van der Waals surface area contributed by atoms with Crippen molar-refractivity contribution in [2.75, 3.05) is 73.6 Å². The summed E-state index contributed by atoms with van der Waals surface area (Å²) in [7, 11) is 3.34. The first-order valence-corrected chi connectivity index (χ1v) is 25.6. The van der Waals surface area contributed by atoms with Crippen molar-refractivity contribution in [2.24, 2.45) is 10.8 Å². The molecule has 72 heavy (non-hydrogen) atoms. The number of aromatic nitrogens is 4. The van der Waals surface area contributed by atoms with E-state index in [4.69, 9.17) is 35.5 Å². The zero-order valence-electron chi connectivity index (χ0n) is 42.5. The van der Waals surface area contributed by atoms with Crippen LogP contribution in [-0.4, -0.2) is 122 Å². The Morgan fingerprint density at radius 3 is 2.32 bits per heavy atom. The van der Waals surface area contributed by atoms with Gasteiger partial charge < -0.3 is 49.6 Å². The van der Waals surface area contributed by atoms with Crippen LogP contribution in [0.4, 0.5) is 29.1 Å². The number of carbonyl (C=O) groups excluding carboxylic acids is 3. The van der Waals surface area contributed by atoms with Crippen molar-refractivity contribution < 1.29 is 33.3 Å². The Labute approximate surface area is 427 Å². The number of benzene rings is 2. The number of hydrogen-bond acceptors (Lipinski definition) is 15. The minimum atomic E-state index is -0.394. The smallest absolute Gasteiger partial charge is 0.254 e. The van der Waals surface area contributed by atoms with Gasteiger partial charge in [0.1, 0.15) is 35.4 Å². The van der Waals surface area contributed by atoms with Gasteiger partial charge in [0.05, 0.1) is 54.5 Å². The highest BCUT2D eigenvalue weighted by Crippen LogP contribution is 2.55. The topological polar surface area (TPSA) is 209 Å². The van der Waals surface area contributed by atoms with E-state index in [-0.39, 0.29) is 48.1 Å². The number of ether oxygens (including phenoxy) is 4. The molecule has 2 aliphatic heterocycles. The molecule has 3 fully saturated rings. The first kappa shape index (κ1) is 52.0. The Hall–Kier alpha value is -6.29. The maximum atomic E-state index is 13.4. The molecule has 0 radical (unpaired) electrons. The van der Waals surface area contributed by atoms with Crippen LogP contribution in [0.3, 0.4) is 0 Å². The first-order chi connectivity index (χ1) is 34.6. The summed E-state index contributed by atoms with van der Waals surface area (Å²) in [4.78, 5) is 64.4. The molecule has 18 nitrogen and oxygen atoms in total. The van der Waals surface area contributed by atoms with E-state index in [2.05, 4.69) is 74.5 Å². The summed E-state index contributed by atoms with van der Waals surface area (Å²) in [5, 5.41) is 19.0. The third-order valence-electron chi connectivity index (χ3n) is 14.8. The fraction of sp³-hybridized carbons (Fsp3) is 0.547. The number of rotatable bonds is 20. The number of piperidine rings is 1. The maximum absolute atomic E-state index is 13.4. The van der Waals surface area contributed by atoms with E-state index in [9.17, 15) is 19.6 Å². The minimum Gasteiger partial charge on any atom is -0.495 e. The van der Waals surface area contributed by atoms with Crippen molar-refractivity contribution in [3.05, 3.63) is 76.7 Å². The van der Waals surface area contributed by atoms with Gasteiger partial charge in [-0.15, -0.1) is 0 Å². The van der Waals surface area contributed by atoms with Gasteiger partial charge in [-0.1, -0.05) is 59.1 Å². The van der Waals surface area contributed by atoms with Gasteiger partial charge in [-0.05, 0) is 75.3 Å². The number of hydrogen-bond donors (Lipinski definition) is 3. The normalized spacial score (nSPS) is 20.6. The Morgan fingerprint density at radius 2 is 1.64 bits per heavy atom. The van der Waals surface area contributed by atoms with Crippen molar-refractivity contribution in [1.29, 1.82) is 5.26 Å². The van der Waals surface area contributed by atoms with Crippen LogP contribution < -0.4 is 40.1 Å². The molecule has 2 aromatic heterocycles. The SMILES string of the molecule is CC[C@@H]1C(=O)N(C)c2cnc(Nc3ccc(C(=O)NCCCCOCCOC4CCN(c5ncc(C(=O)NC6C(C)(C)C(Oc7ccc(C#N)c(Cl)c7)C6(C)C)cn5)CC4)cc3OC)nc2N1C1CCCC1. The lowest BCUT2D eigenvalue weighted by atomic mass is 9.49. The standard InChI is InChI=1S/C53H68ClN11O7/c1-8-41-47(68)63(6)42-32-57-50(61-44(42)65(41)36-13-9-10-14-36)60-40-18-16-33(27-43(40)69-7)45(66)56-21-11-12-24-70-25-26-71-37-19-22-64(23-20-37)51-58-30-35(31-59-51)46(67)62-48-52(2,3)49(53(48,4)5)72-38-17-15-34(29-55)39(54)28-38/h15-18,27-28,30-32,36-37,41,48-49H,8-14,19-26H2,1-7H3,(H,56,66)(H,62,67)(H,57,60,61)/t41-,48?,49?/m1/s1. The van der Waals surface area contributed by atoms with Crippen LogP contribution in [0.5, 0.6) is 11.5 Å². The van der Waals surface area contributed by atoms with Gasteiger partial charge >= 0.3 is 0 Å². The van der Waals surface area contributed by atoms with Crippen LogP contribution in [-0.2, 0) is 14.3 Å². The van der Waals surface area contributed by atoms with Crippen LogP contribution >= 0.6 is 11.6 Å². The summed E-state index contributed by atoms with van der Waals surface area (Å²) in [5.74, 6) is 2.40. The third-order valence-corrected chi connectivity index (χ3v) is 15.1. The molecule has 4 aromatic rings. The molecule has 0 unspecified atom stereocenters. The summed E-state index contributed by atoms with van der Waals surface area (Å²) >= 11 is 6.25. The zero-order chi connectivity index (χ0) is 51.2. The van der Waals surface area contributed by atoms with E-state index in [1.165, 1.54) is 0 Å². The summed E-state index contributed by atoms with van der Waals surface area (Å²) in [6, 6.07) is 12.2. The van der Waals surface area contributed by atoms with Gasteiger partial charge in [0.15, 0.2) is 5.82 Å². The average molecular weight is 1010 g/mol. The van der Waals surface area contributed by atoms with Crippen LogP contribution in [0.15, 0.2) is 55.0 Å². The van der Waals surface area contributed by atoms with Crippen molar-refractivity contribution in [1.82, 2.24) is 30.6 Å². The molecule has 19 heteroatoms. The minimum absolute atomic E-state index is 0.0651. The number of nitrogens with one attached hydrogen (secondary N) is 3. The van der Waals surface area contributed by atoms with E-state index in [0.717, 1.165) is 70.3 Å². The molecule has 0 bridgehead atoms. The molecule has 1 atom stereocenters. The monoisotopic (exact) mass is 1010 g/mol. The number of amides is 3. The Balaban J connectivity index is 0.701. The Bertz CT molecular complexity index is 2600. The van der Waals surface area contributed by atoms with Gasteiger partial charge in [-0.3, -0.25) is 14.4 Å². The molecule has 2 saturated carbocycles. The predicted molar refractivity (Wildman–Crippen MR) is 276 cm³/mol. The zero-order valence-corrected chi connectivity index (χ0v) is 43.3. The number of nitriles is 1. The number of methoxy groups -OCH3 is 1. The lowest BCUT2D eigenvalue weighted by Gasteiger charge is -2.63. The highest BCUT2D eigenvalue weighted by atomic mass is 35.5. The molecule has 8 rings (SSSR count). The quantitative estimate of drug-likeness (QED) is 0.0720. The van der Waals surface area contributed by atoms with Crippen LogP contribution in [0.25, 0.3) is 0 Å². The molecule has 2 aromatic carbocycles. The number of carbonyl (C=O) groups is 3. The molecule has 2 aliphatic carbocycles. The van der Waals surface area contributed by atoms with E-state index >= 15 is 0 Å². The highest BCUT2D eigenvalue weighted by Gasteiger charge is 2.64. The summed E-state index contributed by atoms with van der Waals surface area (Å²) in [6.45, 7) is 13.8. The number of unbranched alkanes of at least 4 members (excludes halogenated alkanes) is 1. The van der Waals surface area contributed by atoms with Crippen molar-refractivity contribution in [3.8, 4) is 17.6 Å². The molecule has 0 spiro atoms. The second-order valence-electron chi connectivity index (χ2n) is 20.3. The molecule has 384 valence electrons. The molecule has 3 amide bonds. The summed E-state index contributed by atoms with van der Waals surface area (Å²) < 4.78 is 24.0. The lowest BCUT2D eigenvalue weighted by molar-refractivity contribution is -0.164. The van der Waals surface area contributed by atoms with Gasteiger partial charge in [-0.2, -0.15) is 10.2 Å². The fourth-order valence-electron chi connectivity index (χ4n) is 11.1. The Kier molecular flexibility index (Phi) is 16.4. The number of likely N-dealkylation sites (N-methyl/N-ethyl adjacent to an activating group) is 1. The molecule has 3 N–H and O–H groups in total. The van der Waals surface area contributed by atoms with Gasteiger partial charge in [0.2, 0.25) is 17.8 Å². The molecule has 4 aliphatic rings. The number of anilines is 5. The first-order valence-electron chi connectivity index (χ1n) is 25.2. The van der Waals surface area contributed by atoms with Crippen LogP contribution in [0.1, 0.15) is 119 Å². The molecule has 4 heterocycles. The number of nitrogens with zero attached hydrogens (tertiary/aromatic N) is 8. The van der Waals surface area contributed by atoms with E-state index in [0.29, 0.717) is 89.3 Å². The molecule has 1 saturated heterocycles. The maximum Gasteiger partial charge on any atom is 0.254 e. The second kappa shape index (κ2) is 22.6. The number of fused-ring (bicyclic) bond motifs is 1. The largest absolute Gasteiger partial charge is 0.495 e. The van der Waals surface area contributed by atoms with Gasteiger partial charge in [0.25, 0.3) is 11.8 Å². The van der Waals surface area contributed by atoms with E-state index in [1.807, 2.05) is 6.92 Å². The van der Waals surface area contributed by atoms with E-state index in [1.54, 1.807) is 74.0 Å². The second-order valence-corrected chi connectivity index (χ2v) is 20.7. The summed E-state index contributed by atoms with van der Waals surface area (Å²) in [5.41, 5.74) is 1.78. The molecular formula is C53H68ClN11O7. The van der Waals surface area contributed by atoms with Crippen molar-refractivity contribution >= 4 is 58.4 Å². The fourth-order valence-corrected chi connectivity index (χ4v) is 11.4. The van der Waals surface area contributed by atoms with Crippen molar-refractivity contribution in [2.45, 2.75) is 123 Å². The average Bonchev–Trinajstić information content (AvgIpc) is 3.92. The molecular weight excluding hydrogens is 938 g/mol. The highest BCUT2D eigenvalue weighted by molar-refractivity contribution is 6.31. The van der Waals surface area contributed by atoms with Gasteiger partial charge in [0, 0.05) is 80.2 Å². The predicted octanol–water partition coefficient (Wildman–Crippen LogP) is 7.87. The van der Waals surface area contributed by atoms with Crippen LogP contribution in [0, 0.1) is 22.2 Å². The third kappa shape index (κ3) is 11.2. The van der Waals surface area contributed by atoms with Gasteiger partial charge in [-0.25, -0.2) is 15.0 Å². The summed E-state index contributed by atoms with van der Waals surface area (Å²) in [6.07, 6.45) is 13.0. The van der Waals surface area contributed by atoms with Crippen molar-refractivity contribution in [3.63, 3.8) is 0 Å².